The molecule has 2 heterocycles. The van der Waals surface area contributed by atoms with E-state index in [1.54, 1.807) is 0 Å². The first-order chi connectivity index (χ1) is 12.1. The third-order valence-corrected chi connectivity index (χ3v) is 5.23. The maximum atomic E-state index is 10.1. The average molecular weight is 354 g/mol. The van der Waals surface area contributed by atoms with Crippen molar-refractivity contribution in [2.24, 2.45) is 4.99 Å². The average Bonchev–Trinajstić information content (AvgIpc) is 3.03. The molecule has 0 aromatic heterocycles. The first kappa shape index (κ1) is 16.2. The topological polar surface area (TPSA) is 47.9 Å². The van der Waals surface area contributed by atoms with E-state index in [4.69, 9.17) is 11.6 Å². The van der Waals surface area contributed by atoms with Gasteiger partial charge < -0.3 is 15.3 Å². The fourth-order valence-electron chi connectivity index (χ4n) is 3.53. The van der Waals surface area contributed by atoms with Crippen molar-refractivity contribution in [3.8, 4) is 0 Å². The summed E-state index contributed by atoms with van der Waals surface area (Å²) in [5.74, 6) is 0.668. The summed E-state index contributed by atoms with van der Waals surface area (Å²) in [5, 5.41) is 14.2. The van der Waals surface area contributed by atoms with Crippen LogP contribution in [0.25, 0.3) is 0 Å². The van der Waals surface area contributed by atoms with Crippen LogP contribution >= 0.6 is 11.6 Å². The number of rotatable bonds is 2. The Morgan fingerprint density at radius 3 is 2.76 bits per heavy atom. The van der Waals surface area contributed by atoms with Crippen molar-refractivity contribution in [2.75, 3.05) is 5.32 Å². The molecule has 0 spiro atoms. The molecule has 2 aromatic rings. The molecule has 4 nitrogen and oxygen atoms in total. The molecule has 2 aliphatic rings. The number of hydrogen-bond donors (Lipinski definition) is 2. The standard InChI is InChI=1S/C20H20ClN3O/c1-13-16(21)8-5-9-17(13)22-20-23-19(25)12-15-10-11-18(24(15)20)14-6-3-2-4-7-14/h2-9,12,18-19,25H,10-11H2,1H3,(H,22,23). The smallest absolute Gasteiger partial charge is 0.206 e. The van der Waals surface area contributed by atoms with Gasteiger partial charge in [0.25, 0.3) is 0 Å². The van der Waals surface area contributed by atoms with Crippen LogP contribution in [0.2, 0.25) is 5.02 Å². The van der Waals surface area contributed by atoms with Crippen LogP contribution in [0.3, 0.4) is 0 Å². The van der Waals surface area contributed by atoms with Crippen LogP contribution in [0.5, 0.6) is 0 Å². The minimum atomic E-state index is -0.817. The van der Waals surface area contributed by atoms with E-state index in [9.17, 15) is 5.11 Å². The van der Waals surface area contributed by atoms with Crippen LogP contribution < -0.4 is 5.32 Å². The molecule has 0 amide bonds. The minimum absolute atomic E-state index is 0.214. The van der Waals surface area contributed by atoms with Gasteiger partial charge in [0.05, 0.1) is 6.04 Å². The molecule has 5 heteroatoms. The fourth-order valence-corrected chi connectivity index (χ4v) is 3.70. The van der Waals surface area contributed by atoms with Crippen LogP contribution in [-0.4, -0.2) is 22.2 Å². The van der Waals surface area contributed by atoms with Gasteiger partial charge in [0.15, 0.2) is 6.23 Å². The molecule has 1 saturated heterocycles. The zero-order valence-corrected chi connectivity index (χ0v) is 14.7. The van der Waals surface area contributed by atoms with Gasteiger partial charge in [-0.1, -0.05) is 48.0 Å². The molecule has 2 aliphatic heterocycles. The summed E-state index contributed by atoms with van der Waals surface area (Å²) in [6, 6.07) is 16.4. The predicted molar refractivity (Wildman–Crippen MR) is 102 cm³/mol. The van der Waals surface area contributed by atoms with E-state index in [1.807, 2.05) is 37.3 Å². The van der Waals surface area contributed by atoms with Crippen LogP contribution in [0.15, 0.2) is 65.3 Å². The van der Waals surface area contributed by atoms with E-state index >= 15 is 0 Å². The second-order valence-corrected chi connectivity index (χ2v) is 6.80. The van der Waals surface area contributed by atoms with Gasteiger partial charge in [-0.25, -0.2) is 4.99 Å². The van der Waals surface area contributed by atoms with Gasteiger partial charge in [-0.3, -0.25) is 0 Å². The second-order valence-electron chi connectivity index (χ2n) is 6.40. The van der Waals surface area contributed by atoms with Crippen LogP contribution in [0.1, 0.15) is 30.0 Å². The largest absolute Gasteiger partial charge is 0.368 e. The zero-order valence-electron chi connectivity index (χ0n) is 14.0. The molecule has 2 aromatic carbocycles. The van der Waals surface area contributed by atoms with Crippen molar-refractivity contribution in [3.63, 3.8) is 0 Å². The number of allylic oxidation sites excluding steroid dienone is 1. The number of nitrogens with one attached hydrogen (secondary N) is 1. The Morgan fingerprint density at radius 2 is 1.96 bits per heavy atom. The van der Waals surface area contributed by atoms with Crippen molar-refractivity contribution in [1.29, 1.82) is 0 Å². The van der Waals surface area contributed by atoms with E-state index < -0.39 is 6.23 Å². The van der Waals surface area contributed by atoms with Gasteiger partial charge in [-0.05, 0) is 49.1 Å². The van der Waals surface area contributed by atoms with Gasteiger partial charge in [-0.2, -0.15) is 0 Å². The summed E-state index contributed by atoms with van der Waals surface area (Å²) in [5.41, 5.74) is 4.23. The van der Waals surface area contributed by atoms with Gasteiger partial charge >= 0.3 is 0 Å². The number of aliphatic hydroxyl groups is 1. The Labute approximate surface area is 152 Å². The number of guanidine groups is 1. The molecular formula is C20H20ClN3O. The molecule has 2 atom stereocenters. The summed E-state index contributed by atoms with van der Waals surface area (Å²) in [7, 11) is 0. The lowest BCUT2D eigenvalue weighted by atomic mass is 10.1. The molecule has 25 heavy (non-hydrogen) atoms. The van der Waals surface area contributed by atoms with E-state index in [1.165, 1.54) is 5.56 Å². The maximum Gasteiger partial charge on any atom is 0.206 e. The minimum Gasteiger partial charge on any atom is -0.368 e. The van der Waals surface area contributed by atoms with Crippen LogP contribution in [0, 0.1) is 6.92 Å². The molecule has 4 rings (SSSR count). The number of aliphatic imine (C=N–C) groups is 1. The number of hydrogen-bond acceptors (Lipinski definition) is 4. The van der Waals surface area contributed by atoms with Crippen molar-refractivity contribution in [1.82, 2.24) is 4.90 Å². The molecular weight excluding hydrogens is 334 g/mol. The summed E-state index contributed by atoms with van der Waals surface area (Å²) in [4.78, 5) is 6.63. The second kappa shape index (κ2) is 6.54. The summed E-state index contributed by atoms with van der Waals surface area (Å²) in [6.45, 7) is 1.97. The first-order valence-electron chi connectivity index (χ1n) is 8.46. The lowest BCUT2D eigenvalue weighted by molar-refractivity contribution is 0.222. The third-order valence-electron chi connectivity index (χ3n) is 4.82. The number of anilines is 1. The Kier molecular flexibility index (Phi) is 4.24. The molecule has 0 aliphatic carbocycles. The molecule has 128 valence electrons. The molecule has 2 unspecified atom stereocenters. The summed E-state index contributed by atoms with van der Waals surface area (Å²) < 4.78 is 0. The van der Waals surface area contributed by atoms with E-state index in [2.05, 4.69) is 39.5 Å². The zero-order chi connectivity index (χ0) is 17.4. The maximum absolute atomic E-state index is 10.1. The number of fused-ring (bicyclic) bond motifs is 1. The van der Waals surface area contributed by atoms with Crippen molar-refractivity contribution < 1.29 is 5.11 Å². The Morgan fingerprint density at radius 1 is 1.16 bits per heavy atom. The lowest BCUT2D eigenvalue weighted by Gasteiger charge is -2.33. The third kappa shape index (κ3) is 3.03. The summed E-state index contributed by atoms with van der Waals surface area (Å²) >= 11 is 6.24. The SMILES string of the molecule is Cc1c(Cl)cccc1NC1=NC(O)C=C2CCC(c3ccccc3)N21. The molecule has 0 radical (unpaired) electrons. The summed E-state index contributed by atoms with van der Waals surface area (Å²) in [6.07, 6.45) is 2.94. The van der Waals surface area contributed by atoms with Gasteiger partial charge in [0.1, 0.15) is 0 Å². The normalized spacial score (nSPS) is 22.3. The van der Waals surface area contributed by atoms with Crippen molar-refractivity contribution in [3.05, 3.63) is 76.5 Å². The van der Waals surface area contributed by atoms with Crippen LogP contribution in [-0.2, 0) is 0 Å². The van der Waals surface area contributed by atoms with Crippen molar-refractivity contribution >= 4 is 23.2 Å². The van der Waals surface area contributed by atoms with E-state index in [-0.39, 0.29) is 6.04 Å². The molecule has 2 N–H and O–H groups in total. The molecule has 0 bridgehead atoms. The number of halogens is 1. The highest BCUT2D eigenvalue weighted by Crippen LogP contribution is 2.40. The lowest BCUT2D eigenvalue weighted by Crippen LogP contribution is -2.38. The Balaban J connectivity index is 1.69. The van der Waals surface area contributed by atoms with Gasteiger partial charge in [0.2, 0.25) is 5.96 Å². The molecule has 0 saturated carbocycles. The monoisotopic (exact) mass is 353 g/mol. The van der Waals surface area contributed by atoms with E-state index in [0.29, 0.717) is 11.0 Å². The quantitative estimate of drug-likeness (QED) is 0.837. The van der Waals surface area contributed by atoms with E-state index in [0.717, 1.165) is 29.8 Å². The number of nitrogens with zero attached hydrogens (tertiary/aromatic N) is 2. The highest BCUT2D eigenvalue weighted by molar-refractivity contribution is 6.31. The van der Waals surface area contributed by atoms with Crippen LogP contribution in [0.4, 0.5) is 5.69 Å². The Hall–Kier alpha value is -2.30. The highest BCUT2D eigenvalue weighted by Gasteiger charge is 2.35. The van der Waals surface area contributed by atoms with Crippen molar-refractivity contribution in [2.45, 2.75) is 32.0 Å². The van der Waals surface area contributed by atoms with Gasteiger partial charge in [-0.15, -0.1) is 0 Å². The number of benzene rings is 2. The fraction of sp³-hybridized carbons (Fsp3) is 0.250. The predicted octanol–water partition coefficient (Wildman–Crippen LogP) is 4.47. The first-order valence-corrected chi connectivity index (χ1v) is 8.84. The van der Waals surface area contributed by atoms with Gasteiger partial charge in [0, 0.05) is 16.4 Å². The highest BCUT2D eigenvalue weighted by atomic mass is 35.5. The Bertz CT molecular complexity index is 847. The number of aliphatic hydroxyl groups excluding tert-OH is 1. The molecule has 1 fully saturated rings.